The molecule has 3 nitrogen and oxygen atoms in total. The Labute approximate surface area is 76.5 Å². The Balaban J connectivity index is 4.15. The van der Waals surface area contributed by atoms with Gasteiger partial charge < -0.3 is 14.6 Å². The molecule has 4 heteroatoms. The first-order valence-electron chi connectivity index (χ1n) is 4.58. The van der Waals surface area contributed by atoms with E-state index >= 15 is 0 Å². The topological polar surface area (TPSA) is 44.5 Å². The van der Waals surface area contributed by atoms with Crippen LogP contribution in [0.1, 0.15) is 20.8 Å². The molecule has 0 aromatic rings. The van der Waals surface area contributed by atoms with Gasteiger partial charge in [-0.15, -0.1) is 0 Å². The van der Waals surface area contributed by atoms with E-state index in [1.807, 2.05) is 13.8 Å². The van der Waals surface area contributed by atoms with Crippen LogP contribution in [0.5, 0.6) is 0 Å². The highest BCUT2D eigenvalue weighted by Gasteiger charge is 2.36. The molecule has 0 aliphatic heterocycles. The zero-order valence-electron chi connectivity index (χ0n) is 8.59. The van der Waals surface area contributed by atoms with Crippen LogP contribution in [-0.4, -0.2) is 28.3 Å². The maximum absolute atomic E-state index is 5.66. The van der Waals surface area contributed by atoms with Crippen molar-refractivity contribution in [2.24, 2.45) is 5.73 Å². The molecule has 0 heterocycles. The highest BCUT2D eigenvalue weighted by molar-refractivity contribution is 6.67. The van der Waals surface area contributed by atoms with Crippen molar-refractivity contribution in [1.82, 2.24) is 0 Å². The SMILES string of the molecule is CCO[Si](C)(OCC)C(C)CN. The van der Waals surface area contributed by atoms with Crippen LogP contribution >= 0.6 is 0 Å². The first-order valence-corrected chi connectivity index (χ1v) is 6.98. The molecular weight excluding hydrogens is 170 g/mol. The summed E-state index contributed by atoms with van der Waals surface area (Å²) in [4.78, 5) is 0. The van der Waals surface area contributed by atoms with Crippen LogP contribution in [0.25, 0.3) is 0 Å². The van der Waals surface area contributed by atoms with E-state index < -0.39 is 8.56 Å². The molecule has 0 rings (SSSR count). The molecule has 0 radical (unpaired) electrons. The third kappa shape index (κ3) is 3.22. The van der Waals surface area contributed by atoms with Gasteiger partial charge in [0, 0.05) is 18.8 Å². The van der Waals surface area contributed by atoms with Gasteiger partial charge in [0.2, 0.25) is 0 Å². The second-order valence-corrected chi connectivity index (χ2v) is 6.61. The largest absolute Gasteiger partial charge is 0.394 e. The van der Waals surface area contributed by atoms with E-state index in [0.717, 1.165) is 0 Å². The minimum absolute atomic E-state index is 0.359. The Morgan fingerprint density at radius 3 is 1.92 bits per heavy atom. The van der Waals surface area contributed by atoms with Gasteiger partial charge in [-0.3, -0.25) is 0 Å². The molecule has 74 valence electrons. The Morgan fingerprint density at radius 1 is 1.25 bits per heavy atom. The molecule has 0 bridgehead atoms. The lowest BCUT2D eigenvalue weighted by molar-refractivity contribution is 0.180. The normalized spacial score (nSPS) is 14.8. The predicted molar refractivity (Wildman–Crippen MR) is 53.3 cm³/mol. The average Bonchev–Trinajstić information content (AvgIpc) is 2.04. The molecule has 0 amide bonds. The summed E-state index contributed by atoms with van der Waals surface area (Å²) in [6.45, 7) is 10.2. The second kappa shape index (κ2) is 5.69. The number of nitrogens with two attached hydrogens (primary N) is 1. The lowest BCUT2D eigenvalue weighted by atomic mass is 10.5. The summed E-state index contributed by atoms with van der Waals surface area (Å²) in [6.07, 6.45) is 0. The molecule has 0 spiro atoms. The summed E-state index contributed by atoms with van der Waals surface area (Å²) >= 11 is 0. The Kier molecular flexibility index (Phi) is 5.74. The molecule has 0 aliphatic carbocycles. The van der Waals surface area contributed by atoms with Crippen LogP contribution in [0.2, 0.25) is 12.1 Å². The smallest absolute Gasteiger partial charge is 0.339 e. The van der Waals surface area contributed by atoms with Crippen LogP contribution in [0.3, 0.4) is 0 Å². The van der Waals surface area contributed by atoms with Crippen molar-refractivity contribution in [3.05, 3.63) is 0 Å². The average molecular weight is 191 g/mol. The molecule has 1 atom stereocenters. The molecule has 0 fully saturated rings. The summed E-state index contributed by atoms with van der Waals surface area (Å²) in [6, 6.07) is 0. The molecular formula is C8H21NO2Si. The van der Waals surface area contributed by atoms with E-state index in [-0.39, 0.29) is 0 Å². The van der Waals surface area contributed by atoms with E-state index in [1.165, 1.54) is 0 Å². The van der Waals surface area contributed by atoms with Crippen molar-refractivity contribution < 1.29 is 8.85 Å². The number of rotatable bonds is 6. The number of hydrogen-bond donors (Lipinski definition) is 1. The second-order valence-electron chi connectivity index (χ2n) is 3.02. The highest BCUT2D eigenvalue weighted by atomic mass is 28.4. The fourth-order valence-corrected chi connectivity index (χ4v) is 3.34. The van der Waals surface area contributed by atoms with Gasteiger partial charge in [-0.2, -0.15) is 0 Å². The number of hydrogen-bond acceptors (Lipinski definition) is 3. The van der Waals surface area contributed by atoms with Crippen molar-refractivity contribution in [1.29, 1.82) is 0 Å². The van der Waals surface area contributed by atoms with Crippen molar-refractivity contribution in [3.8, 4) is 0 Å². The van der Waals surface area contributed by atoms with E-state index in [2.05, 4.69) is 13.5 Å². The fraction of sp³-hybridized carbons (Fsp3) is 1.00. The van der Waals surface area contributed by atoms with Crippen LogP contribution in [0.4, 0.5) is 0 Å². The standard InChI is InChI=1S/C8H21NO2Si/c1-5-10-12(4,11-6-2)8(3)7-9/h8H,5-7,9H2,1-4H3. The Hall–Kier alpha value is 0.0969. The Morgan fingerprint density at radius 2 is 1.67 bits per heavy atom. The van der Waals surface area contributed by atoms with Gasteiger partial charge >= 0.3 is 8.56 Å². The molecule has 0 saturated heterocycles. The lowest BCUT2D eigenvalue weighted by Gasteiger charge is -2.30. The van der Waals surface area contributed by atoms with Gasteiger partial charge in [0.05, 0.1) is 0 Å². The summed E-state index contributed by atoms with van der Waals surface area (Å²) in [5.74, 6) is 0. The summed E-state index contributed by atoms with van der Waals surface area (Å²) in [5.41, 5.74) is 5.95. The van der Waals surface area contributed by atoms with Crippen molar-refractivity contribution >= 4 is 8.56 Å². The van der Waals surface area contributed by atoms with Crippen molar-refractivity contribution in [3.63, 3.8) is 0 Å². The third-order valence-corrected chi connectivity index (χ3v) is 5.86. The quantitative estimate of drug-likeness (QED) is 0.647. The third-order valence-electron chi connectivity index (χ3n) is 2.11. The van der Waals surface area contributed by atoms with Gasteiger partial charge in [0.1, 0.15) is 0 Å². The predicted octanol–water partition coefficient (Wildman–Crippen LogP) is 1.48. The zero-order valence-corrected chi connectivity index (χ0v) is 9.59. The van der Waals surface area contributed by atoms with Crippen LogP contribution in [0.15, 0.2) is 0 Å². The summed E-state index contributed by atoms with van der Waals surface area (Å²) < 4.78 is 11.3. The van der Waals surface area contributed by atoms with Gasteiger partial charge in [0.15, 0.2) is 0 Å². The first-order chi connectivity index (χ1) is 5.60. The lowest BCUT2D eigenvalue weighted by Crippen LogP contribution is -2.45. The van der Waals surface area contributed by atoms with Gasteiger partial charge in [0.25, 0.3) is 0 Å². The van der Waals surface area contributed by atoms with E-state index in [1.54, 1.807) is 0 Å². The van der Waals surface area contributed by atoms with E-state index in [4.69, 9.17) is 14.6 Å². The van der Waals surface area contributed by atoms with Crippen molar-refractivity contribution in [2.75, 3.05) is 19.8 Å². The van der Waals surface area contributed by atoms with Crippen LogP contribution < -0.4 is 5.73 Å². The molecule has 12 heavy (non-hydrogen) atoms. The molecule has 2 N–H and O–H groups in total. The zero-order chi connectivity index (χ0) is 9.61. The Bertz CT molecular complexity index is 116. The molecule has 1 unspecified atom stereocenters. The summed E-state index contributed by atoms with van der Waals surface area (Å²) in [7, 11) is -1.98. The van der Waals surface area contributed by atoms with Gasteiger partial charge in [-0.25, -0.2) is 0 Å². The van der Waals surface area contributed by atoms with Crippen LogP contribution in [0, 0.1) is 0 Å². The molecule has 0 aromatic carbocycles. The van der Waals surface area contributed by atoms with Crippen LogP contribution in [-0.2, 0) is 8.85 Å². The maximum Gasteiger partial charge on any atom is 0.339 e. The monoisotopic (exact) mass is 191 g/mol. The minimum Gasteiger partial charge on any atom is -0.394 e. The molecule has 0 saturated carbocycles. The minimum atomic E-state index is -1.98. The molecule has 0 aliphatic rings. The summed E-state index contributed by atoms with van der Waals surface area (Å²) in [5, 5.41) is 0. The first kappa shape index (κ1) is 12.1. The van der Waals surface area contributed by atoms with Gasteiger partial charge in [-0.1, -0.05) is 6.92 Å². The van der Waals surface area contributed by atoms with Gasteiger partial charge in [-0.05, 0) is 26.9 Å². The van der Waals surface area contributed by atoms with E-state index in [9.17, 15) is 0 Å². The van der Waals surface area contributed by atoms with Crippen molar-refractivity contribution in [2.45, 2.75) is 32.9 Å². The molecule has 0 aromatic heterocycles. The maximum atomic E-state index is 5.66. The van der Waals surface area contributed by atoms with E-state index in [0.29, 0.717) is 25.3 Å². The fourth-order valence-electron chi connectivity index (χ4n) is 1.11. The highest BCUT2D eigenvalue weighted by Crippen LogP contribution is 2.22.